The van der Waals surface area contributed by atoms with Crippen LogP contribution in [0.5, 0.6) is 11.5 Å². The fourth-order valence-corrected chi connectivity index (χ4v) is 5.50. The minimum Gasteiger partial charge on any atom is -0.497 e. The van der Waals surface area contributed by atoms with Crippen LogP contribution in [0.15, 0.2) is 78.9 Å². The molecule has 2 heterocycles. The van der Waals surface area contributed by atoms with Gasteiger partial charge in [-0.25, -0.2) is 0 Å². The molecule has 4 unspecified atom stereocenters. The molecule has 8 nitrogen and oxygen atoms in total. The Bertz CT molecular complexity index is 1490. The summed E-state index contributed by atoms with van der Waals surface area (Å²) in [6, 6.07) is 29.8. The second-order valence-corrected chi connectivity index (χ2v) is 9.34. The van der Waals surface area contributed by atoms with Crippen LogP contribution in [0.3, 0.4) is 0 Å². The molecule has 2 saturated heterocycles. The Labute approximate surface area is 220 Å². The molecule has 3 aromatic carbocycles. The fraction of sp³-hybridized carbons (Fsp3) is 0.267. The summed E-state index contributed by atoms with van der Waals surface area (Å²) in [5, 5.41) is 40.2. The summed E-state index contributed by atoms with van der Waals surface area (Å²) < 4.78 is 23.9. The van der Waals surface area contributed by atoms with Gasteiger partial charge in [-0.15, -0.1) is 0 Å². The van der Waals surface area contributed by atoms with E-state index in [-0.39, 0.29) is 0 Å². The first-order valence-corrected chi connectivity index (χ1v) is 12.0. The molecule has 4 atom stereocenters. The van der Waals surface area contributed by atoms with Gasteiger partial charge < -0.3 is 18.9 Å². The third-order valence-corrected chi connectivity index (χ3v) is 7.57. The normalized spacial score (nSPS) is 26.8. The van der Waals surface area contributed by atoms with Crippen molar-refractivity contribution in [2.45, 2.75) is 25.4 Å². The predicted octanol–water partition coefficient (Wildman–Crippen LogP) is 5.39. The lowest BCUT2D eigenvalue weighted by molar-refractivity contribution is -0.288. The molecule has 0 spiro atoms. The lowest BCUT2D eigenvalue weighted by atomic mass is 9.53. The number of rotatable bonds is 6. The highest BCUT2D eigenvalue weighted by molar-refractivity contribution is 5.89. The zero-order chi connectivity index (χ0) is 27.0. The molecule has 188 valence electrons. The van der Waals surface area contributed by atoms with Gasteiger partial charge in [-0.05, 0) is 47.5 Å². The van der Waals surface area contributed by atoms with Crippen LogP contribution in [-0.2, 0) is 21.9 Å². The molecular weight excluding hydrogens is 480 g/mol. The molecule has 3 aromatic rings. The van der Waals surface area contributed by atoms with Crippen molar-refractivity contribution in [1.29, 1.82) is 21.2 Å². The second kappa shape index (κ2) is 9.23. The number of nitrogens with zero attached hydrogens (tertiary/aromatic N) is 3. The maximum atomic E-state index is 10.5. The van der Waals surface area contributed by atoms with Gasteiger partial charge >= 0.3 is 0 Å². The van der Waals surface area contributed by atoms with E-state index in [1.807, 2.05) is 30.3 Å². The number of benzene rings is 3. The average Bonchev–Trinajstić information content (AvgIpc) is 3.13. The molecule has 2 bridgehead atoms. The highest BCUT2D eigenvalue weighted by Gasteiger charge is 2.79. The van der Waals surface area contributed by atoms with Gasteiger partial charge in [0, 0.05) is 5.56 Å². The first-order chi connectivity index (χ1) is 18.4. The first kappa shape index (κ1) is 24.8. The van der Waals surface area contributed by atoms with Crippen molar-refractivity contribution in [3.05, 3.63) is 95.6 Å². The summed E-state index contributed by atoms with van der Waals surface area (Å²) in [4.78, 5) is 0. The topological polar surface area (TPSA) is 132 Å². The van der Waals surface area contributed by atoms with Crippen LogP contribution < -0.4 is 9.47 Å². The van der Waals surface area contributed by atoms with Crippen molar-refractivity contribution >= 4 is 5.90 Å². The number of ether oxygens (including phenoxy) is 4. The van der Waals surface area contributed by atoms with E-state index >= 15 is 0 Å². The van der Waals surface area contributed by atoms with Crippen LogP contribution in [0.1, 0.15) is 29.7 Å². The van der Waals surface area contributed by atoms with Crippen molar-refractivity contribution < 1.29 is 18.9 Å². The van der Waals surface area contributed by atoms with Crippen LogP contribution in [0.25, 0.3) is 0 Å². The lowest BCUT2D eigenvalue weighted by Gasteiger charge is -2.48. The number of nitriles is 3. The van der Waals surface area contributed by atoms with Gasteiger partial charge in [-0.2, -0.15) is 15.8 Å². The minimum absolute atomic E-state index is 0.320. The third-order valence-electron chi connectivity index (χ3n) is 7.57. The highest BCUT2D eigenvalue weighted by atomic mass is 16.7. The van der Waals surface area contributed by atoms with Crippen LogP contribution in [0, 0.1) is 56.2 Å². The van der Waals surface area contributed by atoms with Crippen LogP contribution in [-0.4, -0.2) is 13.0 Å². The summed E-state index contributed by atoms with van der Waals surface area (Å²) in [5.74, 6) is -1.79. The summed E-state index contributed by atoms with van der Waals surface area (Å²) in [5.41, 5.74) is -1.98. The van der Waals surface area contributed by atoms with Crippen LogP contribution in [0.2, 0.25) is 0 Å². The average molecular weight is 505 g/mol. The Hall–Kier alpha value is -4.84. The van der Waals surface area contributed by atoms with E-state index < -0.39 is 34.5 Å². The Kier molecular flexibility index (Phi) is 6.03. The fourth-order valence-electron chi connectivity index (χ4n) is 5.50. The van der Waals surface area contributed by atoms with Crippen molar-refractivity contribution in [2.24, 2.45) is 16.7 Å². The Balaban J connectivity index is 1.63. The summed E-state index contributed by atoms with van der Waals surface area (Å²) >= 11 is 0. The largest absolute Gasteiger partial charge is 0.497 e. The van der Waals surface area contributed by atoms with Crippen molar-refractivity contribution in [3.8, 4) is 29.7 Å². The second-order valence-electron chi connectivity index (χ2n) is 9.34. The predicted molar refractivity (Wildman–Crippen MR) is 135 cm³/mol. The van der Waals surface area contributed by atoms with E-state index in [1.54, 1.807) is 62.6 Å². The molecule has 0 amide bonds. The van der Waals surface area contributed by atoms with E-state index in [4.69, 9.17) is 24.4 Å². The maximum absolute atomic E-state index is 10.5. The quantitative estimate of drug-likeness (QED) is 0.476. The molecule has 0 saturated carbocycles. The number of methoxy groups -OCH3 is 1. The highest BCUT2D eigenvalue weighted by Crippen LogP contribution is 2.69. The van der Waals surface area contributed by atoms with E-state index in [1.165, 1.54) is 0 Å². The van der Waals surface area contributed by atoms with Gasteiger partial charge in [0.15, 0.2) is 5.41 Å². The zero-order valence-corrected chi connectivity index (χ0v) is 20.8. The van der Waals surface area contributed by atoms with E-state index in [2.05, 4.69) is 18.2 Å². The van der Waals surface area contributed by atoms with Gasteiger partial charge in [0.2, 0.25) is 17.1 Å². The standard InChI is InChI=1S/C30H24N4O4/c1-20-29(19-33)27(34)38-30(20,23-11-13-24(35-2)14-12-23)37-26(28(29,17-31)18-32)22-9-6-10-25(15-22)36-16-21-7-4-3-5-8-21/h3-15,20,26,34H,16H2,1-2H3. The molecule has 0 aromatic heterocycles. The minimum atomic E-state index is -2.07. The third kappa shape index (κ3) is 3.34. The molecular formula is C30H24N4O4. The van der Waals surface area contributed by atoms with Crippen molar-refractivity contribution in [2.75, 3.05) is 7.11 Å². The zero-order valence-electron chi connectivity index (χ0n) is 20.8. The van der Waals surface area contributed by atoms with E-state index in [0.717, 1.165) is 5.56 Å². The first-order valence-electron chi connectivity index (χ1n) is 12.0. The van der Waals surface area contributed by atoms with Gasteiger partial charge in [0.1, 0.15) is 24.2 Å². The van der Waals surface area contributed by atoms with Crippen LogP contribution in [0.4, 0.5) is 0 Å². The molecule has 2 aliphatic heterocycles. The SMILES string of the molecule is COc1ccc(C23OC(=N)C(C#N)(C2C)C(C#N)(C#N)C(c2cccc(OCc4ccccc4)c2)O3)cc1. The van der Waals surface area contributed by atoms with Crippen molar-refractivity contribution in [1.82, 2.24) is 0 Å². The van der Waals surface area contributed by atoms with E-state index in [0.29, 0.717) is 29.2 Å². The molecule has 2 aliphatic rings. The number of nitrogens with one attached hydrogen (secondary N) is 1. The molecule has 0 radical (unpaired) electrons. The summed E-state index contributed by atoms with van der Waals surface area (Å²) in [6.07, 6.45) is -1.22. The van der Waals surface area contributed by atoms with Crippen LogP contribution >= 0.6 is 0 Å². The van der Waals surface area contributed by atoms with Gasteiger partial charge in [-0.3, -0.25) is 5.41 Å². The Morgan fingerprint density at radius 3 is 2.24 bits per heavy atom. The molecule has 8 heteroatoms. The lowest BCUT2D eigenvalue weighted by Crippen LogP contribution is -2.57. The Morgan fingerprint density at radius 1 is 0.895 bits per heavy atom. The maximum Gasteiger partial charge on any atom is 0.244 e. The molecule has 0 aliphatic carbocycles. The summed E-state index contributed by atoms with van der Waals surface area (Å²) in [7, 11) is 1.55. The molecule has 1 N–H and O–H groups in total. The number of hydrogen-bond acceptors (Lipinski definition) is 8. The Morgan fingerprint density at radius 2 is 1.61 bits per heavy atom. The summed E-state index contributed by atoms with van der Waals surface area (Å²) in [6.45, 7) is 1.99. The van der Waals surface area contributed by atoms with Gasteiger partial charge in [-0.1, -0.05) is 49.4 Å². The molecule has 2 fully saturated rings. The molecule has 38 heavy (non-hydrogen) atoms. The number of fused-ring (bicyclic) bond motifs is 2. The molecule has 5 rings (SSSR count). The van der Waals surface area contributed by atoms with E-state index in [9.17, 15) is 15.8 Å². The van der Waals surface area contributed by atoms with Crippen molar-refractivity contribution in [3.63, 3.8) is 0 Å². The smallest absolute Gasteiger partial charge is 0.244 e. The number of hydrogen-bond donors (Lipinski definition) is 1. The monoisotopic (exact) mass is 504 g/mol. The van der Waals surface area contributed by atoms with Gasteiger partial charge in [0.05, 0.1) is 31.2 Å². The van der Waals surface area contributed by atoms with Gasteiger partial charge in [0.25, 0.3) is 0 Å².